The van der Waals surface area contributed by atoms with Gasteiger partial charge in [-0.25, -0.2) is 4.79 Å². The van der Waals surface area contributed by atoms with E-state index in [1.807, 2.05) is 54.6 Å². The Kier molecular flexibility index (Phi) is 5.91. The first kappa shape index (κ1) is 21.2. The zero-order chi connectivity index (χ0) is 23.3. The third-order valence-electron chi connectivity index (χ3n) is 5.40. The van der Waals surface area contributed by atoms with Crippen LogP contribution in [0.1, 0.15) is 26.3 Å². The second kappa shape index (κ2) is 9.46. The van der Waals surface area contributed by atoms with Crippen molar-refractivity contribution in [1.82, 2.24) is 0 Å². The predicted molar refractivity (Wildman–Crippen MR) is 129 cm³/mol. The van der Waals surface area contributed by atoms with Crippen LogP contribution in [0.5, 0.6) is 17.2 Å². The van der Waals surface area contributed by atoms with Crippen LogP contribution in [0.15, 0.2) is 103 Å². The Balaban J connectivity index is 1.20. The van der Waals surface area contributed by atoms with Gasteiger partial charge in [0.15, 0.2) is 17.3 Å². The molecule has 34 heavy (non-hydrogen) atoms. The lowest BCUT2D eigenvalue weighted by Crippen LogP contribution is -2.08. The Morgan fingerprint density at radius 3 is 2.15 bits per heavy atom. The highest BCUT2D eigenvalue weighted by atomic mass is 16.7. The van der Waals surface area contributed by atoms with E-state index in [4.69, 9.17) is 14.2 Å². The molecule has 0 radical (unpaired) electrons. The number of hydrogen-bond donors (Lipinski definition) is 0. The number of ether oxygens (including phenoxy) is 3. The van der Waals surface area contributed by atoms with Crippen LogP contribution >= 0.6 is 0 Å². The Morgan fingerprint density at radius 2 is 1.38 bits per heavy atom. The minimum absolute atomic E-state index is 0.0853. The summed E-state index contributed by atoms with van der Waals surface area (Å²) in [7, 11) is 0. The normalized spacial score (nSPS) is 12.0. The van der Waals surface area contributed by atoms with Gasteiger partial charge in [-0.2, -0.15) is 0 Å². The standard InChI is InChI=1S/C29H20O5/c30-26(23-11-9-22(10-12-23)21-4-2-1-3-5-21)16-8-20-6-14-25(15-7-20)34-29(31)24-13-17-27-28(18-24)33-19-32-27/h1-18H,19H2. The van der Waals surface area contributed by atoms with E-state index in [1.54, 1.807) is 48.5 Å². The molecule has 0 saturated heterocycles. The summed E-state index contributed by atoms with van der Waals surface area (Å²) in [6.45, 7) is 0.143. The van der Waals surface area contributed by atoms with Crippen molar-refractivity contribution in [3.8, 4) is 28.4 Å². The van der Waals surface area contributed by atoms with Crippen LogP contribution in [0.3, 0.4) is 0 Å². The lowest BCUT2D eigenvalue weighted by Gasteiger charge is -2.05. The first-order chi connectivity index (χ1) is 16.7. The topological polar surface area (TPSA) is 61.8 Å². The Morgan fingerprint density at radius 1 is 0.706 bits per heavy atom. The summed E-state index contributed by atoms with van der Waals surface area (Å²) in [5.74, 6) is 0.958. The van der Waals surface area contributed by atoms with Crippen LogP contribution in [-0.2, 0) is 0 Å². The third kappa shape index (κ3) is 4.74. The number of benzene rings is 4. The molecule has 4 aromatic rings. The van der Waals surface area contributed by atoms with Gasteiger partial charge in [0.2, 0.25) is 6.79 Å². The lowest BCUT2D eigenvalue weighted by molar-refractivity contribution is 0.0734. The van der Waals surface area contributed by atoms with Crippen molar-refractivity contribution in [3.05, 3.63) is 120 Å². The fourth-order valence-electron chi connectivity index (χ4n) is 3.56. The Labute approximate surface area is 196 Å². The number of allylic oxidation sites excluding steroid dienone is 1. The summed E-state index contributed by atoms with van der Waals surface area (Å²) in [5, 5.41) is 0. The molecular formula is C29H20O5. The van der Waals surface area contributed by atoms with E-state index in [0.29, 0.717) is 28.4 Å². The molecule has 0 unspecified atom stereocenters. The van der Waals surface area contributed by atoms with Gasteiger partial charge in [0.05, 0.1) is 5.56 Å². The summed E-state index contributed by atoms with van der Waals surface area (Å²) in [6.07, 6.45) is 3.27. The number of hydrogen-bond acceptors (Lipinski definition) is 5. The van der Waals surface area contributed by atoms with Crippen molar-refractivity contribution < 1.29 is 23.8 Å². The van der Waals surface area contributed by atoms with Crippen molar-refractivity contribution in [2.75, 3.05) is 6.79 Å². The first-order valence-corrected chi connectivity index (χ1v) is 10.8. The summed E-state index contributed by atoms with van der Waals surface area (Å²) in [4.78, 5) is 24.9. The SMILES string of the molecule is O=C(C=Cc1ccc(OC(=O)c2ccc3c(c2)OCO3)cc1)c1ccc(-c2ccccc2)cc1. The largest absolute Gasteiger partial charge is 0.454 e. The van der Waals surface area contributed by atoms with E-state index in [9.17, 15) is 9.59 Å². The Bertz CT molecular complexity index is 1350. The van der Waals surface area contributed by atoms with Crippen molar-refractivity contribution in [2.24, 2.45) is 0 Å². The Hall–Kier alpha value is -4.64. The maximum Gasteiger partial charge on any atom is 0.343 e. The van der Waals surface area contributed by atoms with Gasteiger partial charge in [-0.05, 0) is 53.1 Å². The summed E-state index contributed by atoms with van der Waals surface area (Å²) < 4.78 is 16.0. The maximum absolute atomic E-state index is 12.5. The number of fused-ring (bicyclic) bond motifs is 1. The van der Waals surface area contributed by atoms with E-state index in [2.05, 4.69) is 0 Å². The molecule has 0 spiro atoms. The molecule has 1 heterocycles. The fourth-order valence-corrected chi connectivity index (χ4v) is 3.56. The molecule has 1 aliphatic heterocycles. The molecule has 0 aromatic heterocycles. The van der Waals surface area contributed by atoms with Crippen LogP contribution in [0.25, 0.3) is 17.2 Å². The summed E-state index contributed by atoms with van der Waals surface area (Å²) in [6, 6.07) is 29.4. The van der Waals surface area contributed by atoms with E-state index >= 15 is 0 Å². The second-order valence-corrected chi connectivity index (χ2v) is 7.67. The molecule has 0 N–H and O–H groups in total. The average Bonchev–Trinajstić information content (AvgIpc) is 3.37. The molecule has 0 saturated carbocycles. The van der Waals surface area contributed by atoms with Crippen molar-refractivity contribution in [3.63, 3.8) is 0 Å². The molecule has 0 atom stereocenters. The predicted octanol–water partition coefficient (Wildman–Crippen LogP) is 6.20. The van der Waals surface area contributed by atoms with Gasteiger partial charge < -0.3 is 14.2 Å². The lowest BCUT2D eigenvalue weighted by atomic mass is 10.0. The molecule has 1 aliphatic rings. The molecule has 5 heteroatoms. The number of rotatable bonds is 6. The molecule has 0 fully saturated rings. The second-order valence-electron chi connectivity index (χ2n) is 7.67. The number of carbonyl (C=O) groups is 2. The molecule has 0 amide bonds. The molecule has 4 aromatic carbocycles. The van der Waals surface area contributed by atoms with Gasteiger partial charge in [0, 0.05) is 5.56 Å². The summed E-state index contributed by atoms with van der Waals surface area (Å²) >= 11 is 0. The van der Waals surface area contributed by atoms with Gasteiger partial charge in [0.25, 0.3) is 0 Å². The summed E-state index contributed by atoms with van der Waals surface area (Å²) in [5.41, 5.74) is 3.97. The number of carbonyl (C=O) groups excluding carboxylic acids is 2. The van der Waals surface area contributed by atoms with Gasteiger partial charge >= 0.3 is 5.97 Å². The van der Waals surface area contributed by atoms with Crippen molar-refractivity contribution >= 4 is 17.8 Å². The highest BCUT2D eigenvalue weighted by Gasteiger charge is 2.17. The zero-order valence-corrected chi connectivity index (χ0v) is 18.1. The maximum atomic E-state index is 12.5. The fraction of sp³-hybridized carbons (Fsp3) is 0.0345. The third-order valence-corrected chi connectivity index (χ3v) is 5.40. The minimum atomic E-state index is -0.490. The van der Waals surface area contributed by atoms with E-state index in [1.165, 1.54) is 6.08 Å². The zero-order valence-electron chi connectivity index (χ0n) is 18.1. The molecule has 0 bridgehead atoms. The molecular weight excluding hydrogens is 428 g/mol. The molecule has 166 valence electrons. The van der Waals surface area contributed by atoms with Gasteiger partial charge in [-0.1, -0.05) is 72.8 Å². The van der Waals surface area contributed by atoms with Crippen LogP contribution in [0, 0.1) is 0 Å². The smallest absolute Gasteiger partial charge is 0.343 e. The highest BCUT2D eigenvalue weighted by molar-refractivity contribution is 6.07. The van der Waals surface area contributed by atoms with Gasteiger partial charge in [0.1, 0.15) is 5.75 Å². The quantitative estimate of drug-likeness (QED) is 0.152. The first-order valence-electron chi connectivity index (χ1n) is 10.8. The van der Waals surface area contributed by atoms with Crippen LogP contribution in [-0.4, -0.2) is 18.5 Å². The van der Waals surface area contributed by atoms with Crippen LogP contribution in [0.2, 0.25) is 0 Å². The number of esters is 1. The molecule has 0 aliphatic carbocycles. The monoisotopic (exact) mass is 448 g/mol. The van der Waals surface area contributed by atoms with Crippen LogP contribution in [0.4, 0.5) is 0 Å². The van der Waals surface area contributed by atoms with Crippen molar-refractivity contribution in [2.45, 2.75) is 0 Å². The van der Waals surface area contributed by atoms with E-state index < -0.39 is 5.97 Å². The average molecular weight is 448 g/mol. The number of ketones is 1. The molecule has 5 nitrogen and oxygen atoms in total. The van der Waals surface area contributed by atoms with Crippen molar-refractivity contribution in [1.29, 1.82) is 0 Å². The van der Waals surface area contributed by atoms with Gasteiger partial charge in [-0.3, -0.25) is 4.79 Å². The van der Waals surface area contributed by atoms with Gasteiger partial charge in [-0.15, -0.1) is 0 Å². The van der Waals surface area contributed by atoms with E-state index in [0.717, 1.165) is 16.7 Å². The highest BCUT2D eigenvalue weighted by Crippen LogP contribution is 2.32. The van der Waals surface area contributed by atoms with E-state index in [-0.39, 0.29) is 12.6 Å². The molecule has 5 rings (SSSR count). The van der Waals surface area contributed by atoms with Crippen LogP contribution < -0.4 is 14.2 Å². The minimum Gasteiger partial charge on any atom is -0.454 e.